The first kappa shape index (κ1) is 14.4. The largest absolute Gasteiger partial charge is 0.496 e. The predicted octanol–water partition coefficient (Wildman–Crippen LogP) is 4.23. The number of benzene rings is 1. The number of nitrogens with one attached hydrogen (secondary N) is 1. The molecule has 0 bridgehead atoms. The van der Waals surface area contributed by atoms with Crippen molar-refractivity contribution in [3.8, 4) is 5.75 Å². The second-order valence-corrected chi connectivity index (χ2v) is 5.97. The number of methoxy groups -OCH3 is 1. The van der Waals surface area contributed by atoms with Gasteiger partial charge in [0.1, 0.15) is 5.75 Å². The number of hydrogen-bond donors (Lipinski definition) is 1. The van der Waals surface area contributed by atoms with Crippen molar-refractivity contribution in [1.82, 2.24) is 5.32 Å². The van der Waals surface area contributed by atoms with Crippen LogP contribution in [-0.2, 0) is 0 Å². The van der Waals surface area contributed by atoms with Gasteiger partial charge in [-0.2, -0.15) is 0 Å². The Balaban J connectivity index is 2.06. The minimum absolute atomic E-state index is 0.338. The highest BCUT2D eigenvalue weighted by Crippen LogP contribution is 2.31. The molecule has 2 atom stereocenters. The highest BCUT2D eigenvalue weighted by molar-refractivity contribution is 5.38. The van der Waals surface area contributed by atoms with E-state index in [1.807, 2.05) is 0 Å². The molecule has 1 fully saturated rings. The Kier molecular flexibility index (Phi) is 4.87. The molecule has 0 saturated heterocycles. The maximum absolute atomic E-state index is 5.49. The van der Waals surface area contributed by atoms with E-state index in [4.69, 9.17) is 4.74 Å². The van der Waals surface area contributed by atoms with Crippen molar-refractivity contribution >= 4 is 0 Å². The van der Waals surface area contributed by atoms with Gasteiger partial charge in [0.2, 0.25) is 0 Å². The Bertz CT molecular complexity index is 410. The first-order valence-corrected chi connectivity index (χ1v) is 7.52. The van der Waals surface area contributed by atoms with Gasteiger partial charge in [-0.3, -0.25) is 0 Å². The van der Waals surface area contributed by atoms with E-state index in [1.54, 1.807) is 7.11 Å². The van der Waals surface area contributed by atoms with Crippen LogP contribution in [0.5, 0.6) is 5.75 Å². The zero-order valence-corrected chi connectivity index (χ0v) is 12.7. The Labute approximate surface area is 117 Å². The van der Waals surface area contributed by atoms with Gasteiger partial charge >= 0.3 is 0 Å². The minimum Gasteiger partial charge on any atom is -0.496 e. The predicted molar refractivity (Wildman–Crippen MR) is 80.7 cm³/mol. The van der Waals surface area contributed by atoms with Crippen LogP contribution in [0.1, 0.15) is 56.7 Å². The van der Waals surface area contributed by atoms with Crippen molar-refractivity contribution in [3.05, 3.63) is 29.3 Å². The van der Waals surface area contributed by atoms with Gasteiger partial charge in [-0.25, -0.2) is 0 Å². The normalized spacial score (nSPS) is 19.4. The molecule has 1 aliphatic carbocycles. The summed E-state index contributed by atoms with van der Waals surface area (Å²) in [5, 5.41) is 3.76. The highest BCUT2D eigenvalue weighted by Gasteiger charge is 2.23. The van der Waals surface area contributed by atoms with Crippen molar-refractivity contribution in [2.24, 2.45) is 5.92 Å². The first-order chi connectivity index (χ1) is 9.11. The summed E-state index contributed by atoms with van der Waals surface area (Å²) in [4.78, 5) is 0. The fourth-order valence-corrected chi connectivity index (χ4v) is 3.27. The second-order valence-electron chi connectivity index (χ2n) is 5.97. The van der Waals surface area contributed by atoms with Gasteiger partial charge in [0, 0.05) is 17.6 Å². The van der Waals surface area contributed by atoms with E-state index >= 15 is 0 Å². The zero-order chi connectivity index (χ0) is 13.8. The van der Waals surface area contributed by atoms with Crippen LogP contribution in [0.4, 0.5) is 0 Å². The third-order valence-electron chi connectivity index (χ3n) is 4.47. The molecule has 1 unspecified atom stereocenters. The van der Waals surface area contributed by atoms with Crippen molar-refractivity contribution < 1.29 is 4.74 Å². The van der Waals surface area contributed by atoms with Crippen LogP contribution in [0.15, 0.2) is 18.2 Å². The molecular formula is C17H27NO. The van der Waals surface area contributed by atoms with Crippen molar-refractivity contribution in [2.45, 2.75) is 58.5 Å². The van der Waals surface area contributed by atoms with Crippen LogP contribution >= 0.6 is 0 Å². The van der Waals surface area contributed by atoms with Crippen LogP contribution in [0.25, 0.3) is 0 Å². The van der Waals surface area contributed by atoms with Crippen molar-refractivity contribution in [1.29, 1.82) is 0 Å². The minimum atomic E-state index is 0.338. The van der Waals surface area contributed by atoms with E-state index in [0.717, 1.165) is 11.7 Å². The molecule has 1 N–H and O–H groups in total. The van der Waals surface area contributed by atoms with E-state index in [0.29, 0.717) is 12.1 Å². The standard InChI is InChI=1S/C17H27NO/c1-12-9-10-17(19-4)16(11-12)14(3)18-13(2)15-7-5-6-8-15/h9-11,13-15,18H,5-8H2,1-4H3/t13-,14?/m1/s1. The lowest BCUT2D eigenvalue weighted by molar-refractivity contribution is 0.343. The molecule has 2 rings (SSSR count). The second kappa shape index (κ2) is 6.42. The molecule has 1 aromatic carbocycles. The van der Waals surface area contributed by atoms with E-state index in [9.17, 15) is 0 Å². The summed E-state index contributed by atoms with van der Waals surface area (Å²) in [6.07, 6.45) is 5.56. The third-order valence-corrected chi connectivity index (χ3v) is 4.47. The summed E-state index contributed by atoms with van der Waals surface area (Å²) in [6, 6.07) is 7.34. The topological polar surface area (TPSA) is 21.3 Å². The molecule has 0 heterocycles. The smallest absolute Gasteiger partial charge is 0.123 e. The number of rotatable bonds is 5. The van der Waals surface area contributed by atoms with Gasteiger partial charge in [0.05, 0.1) is 7.11 Å². The molecule has 2 heteroatoms. The van der Waals surface area contributed by atoms with Gasteiger partial charge in [0.15, 0.2) is 0 Å². The molecule has 1 aliphatic rings. The molecule has 0 aromatic heterocycles. The fourth-order valence-electron chi connectivity index (χ4n) is 3.27. The summed E-state index contributed by atoms with van der Waals surface area (Å²) >= 11 is 0. The summed E-state index contributed by atoms with van der Waals surface area (Å²) in [5.74, 6) is 1.84. The maximum Gasteiger partial charge on any atom is 0.123 e. The third kappa shape index (κ3) is 3.50. The monoisotopic (exact) mass is 261 g/mol. The average molecular weight is 261 g/mol. The molecule has 1 saturated carbocycles. The van der Waals surface area contributed by atoms with Crippen LogP contribution < -0.4 is 10.1 Å². The lowest BCUT2D eigenvalue weighted by Crippen LogP contribution is -2.34. The molecule has 0 spiro atoms. The molecule has 2 nitrogen and oxygen atoms in total. The van der Waals surface area contributed by atoms with Gasteiger partial charge in [0.25, 0.3) is 0 Å². The summed E-state index contributed by atoms with van der Waals surface area (Å²) in [7, 11) is 1.75. The molecule has 1 aromatic rings. The molecule has 0 aliphatic heterocycles. The number of ether oxygens (including phenoxy) is 1. The quantitative estimate of drug-likeness (QED) is 0.856. The lowest BCUT2D eigenvalue weighted by Gasteiger charge is -2.26. The van der Waals surface area contributed by atoms with Crippen LogP contribution in [0, 0.1) is 12.8 Å². The molecule has 0 radical (unpaired) electrons. The average Bonchev–Trinajstić information content (AvgIpc) is 2.92. The highest BCUT2D eigenvalue weighted by atomic mass is 16.5. The van der Waals surface area contributed by atoms with E-state index in [-0.39, 0.29) is 0 Å². The maximum atomic E-state index is 5.49. The number of aryl methyl sites for hydroxylation is 1. The fraction of sp³-hybridized carbons (Fsp3) is 0.647. The van der Waals surface area contributed by atoms with Gasteiger partial charge in [-0.15, -0.1) is 0 Å². The van der Waals surface area contributed by atoms with Gasteiger partial charge in [-0.05, 0) is 45.6 Å². The molecule has 0 amide bonds. The Morgan fingerprint density at radius 3 is 2.53 bits per heavy atom. The van der Waals surface area contributed by atoms with E-state index in [1.165, 1.54) is 36.8 Å². The summed E-state index contributed by atoms with van der Waals surface area (Å²) in [6.45, 7) is 6.70. The summed E-state index contributed by atoms with van der Waals surface area (Å²) < 4.78 is 5.49. The Morgan fingerprint density at radius 1 is 1.21 bits per heavy atom. The van der Waals surface area contributed by atoms with Crippen LogP contribution in [-0.4, -0.2) is 13.2 Å². The SMILES string of the molecule is COc1ccc(C)cc1C(C)N[C@H](C)C1CCCC1. The Morgan fingerprint density at radius 2 is 1.89 bits per heavy atom. The zero-order valence-electron chi connectivity index (χ0n) is 12.7. The Hall–Kier alpha value is -1.02. The number of hydrogen-bond acceptors (Lipinski definition) is 2. The van der Waals surface area contributed by atoms with E-state index in [2.05, 4.69) is 44.3 Å². The summed E-state index contributed by atoms with van der Waals surface area (Å²) in [5.41, 5.74) is 2.56. The molecular weight excluding hydrogens is 234 g/mol. The van der Waals surface area contributed by atoms with Crippen LogP contribution in [0.2, 0.25) is 0 Å². The van der Waals surface area contributed by atoms with Crippen LogP contribution in [0.3, 0.4) is 0 Å². The van der Waals surface area contributed by atoms with Crippen molar-refractivity contribution in [2.75, 3.05) is 7.11 Å². The van der Waals surface area contributed by atoms with E-state index < -0.39 is 0 Å². The first-order valence-electron chi connectivity index (χ1n) is 7.52. The van der Waals surface area contributed by atoms with Gasteiger partial charge < -0.3 is 10.1 Å². The molecule has 106 valence electrons. The lowest BCUT2D eigenvalue weighted by atomic mass is 9.97. The van der Waals surface area contributed by atoms with Gasteiger partial charge in [-0.1, -0.05) is 30.5 Å². The molecule has 19 heavy (non-hydrogen) atoms. The van der Waals surface area contributed by atoms with Crippen molar-refractivity contribution in [3.63, 3.8) is 0 Å².